The number of carbonyl (C=O) groups is 1. The van der Waals surface area contributed by atoms with Crippen LogP contribution in [-0.2, 0) is 7.05 Å². The lowest BCUT2D eigenvalue weighted by molar-refractivity contribution is 0.163. The number of amides is 2. The van der Waals surface area contributed by atoms with Gasteiger partial charge in [0.1, 0.15) is 5.75 Å². The molecule has 25 heavy (non-hydrogen) atoms. The van der Waals surface area contributed by atoms with Gasteiger partial charge in [0.2, 0.25) is 0 Å². The van der Waals surface area contributed by atoms with E-state index < -0.39 is 0 Å². The lowest BCUT2D eigenvalue weighted by atomic mass is 9.98. The Morgan fingerprint density at radius 2 is 2.28 bits per heavy atom. The number of halogens is 1. The Kier molecular flexibility index (Phi) is 5.48. The van der Waals surface area contributed by atoms with Crippen LogP contribution in [0.5, 0.6) is 5.75 Å². The predicted octanol–water partition coefficient (Wildman–Crippen LogP) is 4.23. The summed E-state index contributed by atoms with van der Waals surface area (Å²) in [4.78, 5) is 14.8. The van der Waals surface area contributed by atoms with Crippen LogP contribution in [0, 0.1) is 0 Å². The Balaban J connectivity index is 1.80. The van der Waals surface area contributed by atoms with Crippen LogP contribution in [0.2, 0.25) is 5.02 Å². The molecule has 6 nitrogen and oxygen atoms in total. The van der Waals surface area contributed by atoms with Crippen LogP contribution >= 0.6 is 11.6 Å². The minimum absolute atomic E-state index is 0.0391. The number of urea groups is 1. The third kappa shape index (κ3) is 4.07. The third-order valence-corrected chi connectivity index (χ3v) is 4.59. The van der Waals surface area contributed by atoms with E-state index in [9.17, 15) is 4.79 Å². The summed E-state index contributed by atoms with van der Waals surface area (Å²) in [5.41, 5.74) is 1.66. The Hall–Kier alpha value is -2.21. The van der Waals surface area contributed by atoms with E-state index in [4.69, 9.17) is 16.3 Å². The van der Waals surface area contributed by atoms with Crippen molar-refractivity contribution >= 4 is 23.3 Å². The fourth-order valence-corrected chi connectivity index (χ4v) is 3.37. The lowest BCUT2D eigenvalue weighted by Gasteiger charge is -2.35. The molecule has 1 unspecified atom stereocenters. The van der Waals surface area contributed by atoms with Crippen molar-refractivity contribution in [3.63, 3.8) is 0 Å². The van der Waals surface area contributed by atoms with E-state index in [1.54, 1.807) is 22.9 Å². The maximum absolute atomic E-state index is 12.9. The number of ether oxygens (including phenoxy) is 1. The topological polar surface area (TPSA) is 59.4 Å². The Morgan fingerprint density at radius 1 is 1.44 bits per heavy atom. The first-order valence-corrected chi connectivity index (χ1v) is 8.94. The molecular weight excluding hydrogens is 340 g/mol. The van der Waals surface area contributed by atoms with Gasteiger partial charge in [-0.2, -0.15) is 5.10 Å². The molecule has 0 saturated carbocycles. The quantitative estimate of drug-likeness (QED) is 0.885. The van der Waals surface area contributed by atoms with Gasteiger partial charge in [0.25, 0.3) is 0 Å². The standard InChI is InChI=1S/C18H23ClN4O2/c1-3-25-17-8-7-14(19)10-15(17)21-18(24)23-9-5-4-6-16(23)13-11-20-22(2)12-13/h7-8,10-12,16H,3-6,9H2,1-2H3,(H,21,24). The zero-order valence-corrected chi connectivity index (χ0v) is 15.3. The van der Waals surface area contributed by atoms with Gasteiger partial charge in [-0.1, -0.05) is 11.6 Å². The Morgan fingerprint density at radius 3 is 3.00 bits per heavy atom. The molecule has 0 radical (unpaired) electrons. The van der Waals surface area contributed by atoms with Gasteiger partial charge in [-0.25, -0.2) is 4.79 Å². The first-order valence-electron chi connectivity index (χ1n) is 8.57. The SMILES string of the molecule is CCOc1ccc(Cl)cc1NC(=O)N1CCCCC1c1cnn(C)c1. The normalized spacial score (nSPS) is 17.4. The highest BCUT2D eigenvalue weighted by atomic mass is 35.5. The molecule has 1 saturated heterocycles. The number of nitrogens with one attached hydrogen (secondary N) is 1. The fraction of sp³-hybridized carbons (Fsp3) is 0.444. The molecule has 2 aromatic rings. The minimum Gasteiger partial charge on any atom is -0.492 e. The summed E-state index contributed by atoms with van der Waals surface area (Å²) in [6.07, 6.45) is 6.85. The molecule has 1 aliphatic rings. The van der Waals surface area contributed by atoms with Gasteiger partial charge < -0.3 is 15.0 Å². The first-order chi connectivity index (χ1) is 12.1. The Labute approximate surface area is 152 Å². The van der Waals surface area contributed by atoms with E-state index in [-0.39, 0.29) is 12.1 Å². The fourth-order valence-electron chi connectivity index (χ4n) is 3.20. The molecule has 1 aliphatic heterocycles. The second-order valence-corrected chi connectivity index (χ2v) is 6.59. The number of hydrogen-bond acceptors (Lipinski definition) is 3. The molecule has 1 N–H and O–H groups in total. The molecule has 134 valence electrons. The van der Waals surface area contributed by atoms with Crippen LogP contribution < -0.4 is 10.1 Å². The molecule has 1 fully saturated rings. The summed E-state index contributed by atoms with van der Waals surface area (Å²) >= 11 is 6.08. The van der Waals surface area contributed by atoms with Crippen molar-refractivity contribution in [3.8, 4) is 5.75 Å². The second-order valence-electron chi connectivity index (χ2n) is 6.16. The minimum atomic E-state index is -0.142. The zero-order valence-electron chi connectivity index (χ0n) is 14.5. The Bertz CT molecular complexity index is 746. The largest absolute Gasteiger partial charge is 0.492 e. The summed E-state index contributed by atoms with van der Waals surface area (Å²) in [5, 5.41) is 7.76. The number of piperidine rings is 1. The highest BCUT2D eigenvalue weighted by molar-refractivity contribution is 6.31. The van der Waals surface area contributed by atoms with Gasteiger partial charge in [-0.3, -0.25) is 4.68 Å². The molecule has 1 aromatic carbocycles. The van der Waals surface area contributed by atoms with Gasteiger partial charge in [0.05, 0.1) is 24.5 Å². The van der Waals surface area contributed by atoms with E-state index in [1.807, 2.05) is 31.3 Å². The van der Waals surface area contributed by atoms with Crippen LogP contribution in [0.4, 0.5) is 10.5 Å². The average Bonchev–Trinajstić information content (AvgIpc) is 3.04. The van der Waals surface area contributed by atoms with Crippen LogP contribution in [0.1, 0.15) is 37.8 Å². The van der Waals surface area contributed by atoms with Gasteiger partial charge >= 0.3 is 6.03 Å². The average molecular weight is 363 g/mol. The number of nitrogens with zero attached hydrogens (tertiary/aromatic N) is 3. The smallest absolute Gasteiger partial charge is 0.322 e. The van der Waals surface area contributed by atoms with E-state index in [1.165, 1.54) is 0 Å². The van der Waals surface area contributed by atoms with Crippen LogP contribution in [0.3, 0.4) is 0 Å². The van der Waals surface area contributed by atoms with Crippen molar-refractivity contribution in [3.05, 3.63) is 41.2 Å². The van der Waals surface area contributed by atoms with E-state index in [0.717, 1.165) is 31.4 Å². The highest BCUT2D eigenvalue weighted by Gasteiger charge is 2.29. The van der Waals surface area contributed by atoms with Crippen molar-refractivity contribution in [1.29, 1.82) is 0 Å². The van der Waals surface area contributed by atoms with Gasteiger partial charge in [0.15, 0.2) is 0 Å². The molecule has 1 aromatic heterocycles. The van der Waals surface area contributed by atoms with Gasteiger partial charge in [0, 0.05) is 30.4 Å². The molecule has 7 heteroatoms. The maximum Gasteiger partial charge on any atom is 0.322 e. The lowest BCUT2D eigenvalue weighted by Crippen LogP contribution is -2.41. The number of anilines is 1. The van der Waals surface area contributed by atoms with Crippen molar-refractivity contribution in [2.45, 2.75) is 32.2 Å². The van der Waals surface area contributed by atoms with Gasteiger partial charge in [-0.05, 0) is 44.4 Å². The number of benzene rings is 1. The highest BCUT2D eigenvalue weighted by Crippen LogP contribution is 2.33. The van der Waals surface area contributed by atoms with E-state index >= 15 is 0 Å². The van der Waals surface area contributed by atoms with Crippen molar-refractivity contribution in [2.24, 2.45) is 7.05 Å². The molecule has 3 rings (SSSR count). The summed E-state index contributed by atoms with van der Waals surface area (Å²) in [6, 6.07) is 5.14. The summed E-state index contributed by atoms with van der Waals surface area (Å²) in [7, 11) is 1.89. The van der Waals surface area contributed by atoms with Crippen LogP contribution in [0.25, 0.3) is 0 Å². The number of carbonyl (C=O) groups excluding carboxylic acids is 1. The molecule has 0 spiro atoms. The predicted molar refractivity (Wildman–Crippen MR) is 98.1 cm³/mol. The summed E-state index contributed by atoms with van der Waals surface area (Å²) < 4.78 is 7.36. The number of likely N-dealkylation sites (tertiary alicyclic amines) is 1. The molecule has 0 bridgehead atoms. The van der Waals surface area contributed by atoms with E-state index in [0.29, 0.717) is 23.1 Å². The maximum atomic E-state index is 12.9. The zero-order chi connectivity index (χ0) is 17.8. The third-order valence-electron chi connectivity index (χ3n) is 4.36. The first kappa shape index (κ1) is 17.6. The molecule has 0 aliphatic carbocycles. The van der Waals surface area contributed by atoms with Crippen molar-refractivity contribution in [2.75, 3.05) is 18.5 Å². The number of aromatic nitrogens is 2. The number of aryl methyl sites for hydroxylation is 1. The van der Waals surface area contributed by atoms with Crippen molar-refractivity contribution < 1.29 is 9.53 Å². The molecule has 2 amide bonds. The van der Waals surface area contributed by atoms with Crippen LogP contribution in [-0.4, -0.2) is 33.9 Å². The molecule has 2 heterocycles. The van der Waals surface area contributed by atoms with E-state index in [2.05, 4.69) is 10.4 Å². The second kappa shape index (κ2) is 7.78. The molecule has 1 atom stereocenters. The number of rotatable bonds is 4. The molecular formula is C18H23ClN4O2. The van der Waals surface area contributed by atoms with Crippen molar-refractivity contribution in [1.82, 2.24) is 14.7 Å². The van der Waals surface area contributed by atoms with Gasteiger partial charge in [-0.15, -0.1) is 0 Å². The summed E-state index contributed by atoms with van der Waals surface area (Å²) in [5.74, 6) is 0.621. The van der Waals surface area contributed by atoms with Crippen LogP contribution in [0.15, 0.2) is 30.6 Å². The summed E-state index contributed by atoms with van der Waals surface area (Å²) in [6.45, 7) is 3.14. The number of hydrogen-bond donors (Lipinski definition) is 1. The monoisotopic (exact) mass is 362 g/mol.